The van der Waals surface area contributed by atoms with Gasteiger partial charge in [-0.05, 0) is 41.3 Å². The lowest BCUT2D eigenvalue weighted by molar-refractivity contribution is 0.0695. The summed E-state index contributed by atoms with van der Waals surface area (Å²) in [5.74, 6) is 0.543. The standard InChI is InChI=1S/C17H16O4/c1-2-4-13-12(5-3-6-14(13)17(18)19)11-7-8-15-16(9-11)21-10-20-15/h3,5-9H,2,4,10H2,1H3,(H,18,19). The van der Waals surface area contributed by atoms with Crippen molar-refractivity contribution in [3.8, 4) is 22.6 Å². The number of hydrogen-bond acceptors (Lipinski definition) is 3. The average molecular weight is 284 g/mol. The molecule has 108 valence electrons. The summed E-state index contributed by atoms with van der Waals surface area (Å²) in [6.45, 7) is 2.28. The molecule has 2 aromatic carbocycles. The maximum absolute atomic E-state index is 11.4. The molecular formula is C17H16O4. The Morgan fingerprint density at radius 3 is 2.76 bits per heavy atom. The number of carboxylic acids is 1. The minimum Gasteiger partial charge on any atom is -0.478 e. The number of carboxylic acid groups (broad SMARTS) is 1. The van der Waals surface area contributed by atoms with Gasteiger partial charge in [0.05, 0.1) is 5.56 Å². The second-order valence-corrected chi connectivity index (χ2v) is 4.95. The van der Waals surface area contributed by atoms with E-state index in [4.69, 9.17) is 9.47 Å². The van der Waals surface area contributed by atoms with Crippen LogP contribution in [0.5, 0.6) is 11.5 Å². The predicted octanol–water partition coefficient (Wildman–Crippen LogP) is 3.73. The summed E-state index contributed by atoms with van der Waals surface area (Å²) >= 11 is 0. The molecule has 1 aliphatic heterocycles. The minimum atomic E-state index is -0.888. The lowest BCUT2D eigenvalue weighted by atomic mass is 9.92. The van der Waals surface area contributed by atoms with Crippen LogP contribution in [-0.2, 0) is 6.42 Å². The predicted molar refractivity (Wildman–Crippen MR) is 79.0 cm³/mol. The summed E-state index contributed by atoms with van der Waals surface area (Å²) in [7, 11) is 0. The Morgan fingerprint density at radius 2 is 2.00 bits per heavy atom. The molecule has 21 heavy (non-hydrogen) atoms. The maximum Gasteiger partial charge on any atom is 0.335 e. The lowest BCUT2D eigenvalue weighted by Gasteiger charge is -2.12. The second-order valence-electron chi connectivity index (χ2n) is 4.95. The van der Waals surface area contributed by atoms with E-state index in [0.29, 0.717) is 11.3 Å². The zero-order valence-corrected chi connectivity index (χ0v) is 11.8. The molecule has 4 heteroatoms. The molecule has 0 bridgehead atoms. The van der Waals surface area contributed by atoms with E-state index in [2.05, 4.69) is 0 Å². The van der Waals surface area contributed by atoms with Gasteiger partial charge in [-0.1, -0.05) is 31.5 Å². The highest BCUT2D eigenvalue weighted by molar-refractivity contribution is 5.92. The van der Waals surface area contributed by atoms with Gasteiger partial charge < -0.3 is 14.6 Å². The Labute approximate surface area is 122 Å². The number of hydrogen-bond donors (Lipinski definition) is 1. The van der Waals surface area contributed by atoms with Gasteiger partial charge >= 0.3 is 5.97 Å². The van der Waals surface area contributed by atoms with Crippen LogP contribution in [0.3, 0.4) is 0 Å². The smallest absolute Gasteiger partial charge is 0.335 e. The molecule has 0 spiro atoms. The van der Waals surface area contributed by atoms with Crippen molar-refractivity contribution in [3.05, 3.63) is 47.5 Å². The van der Waals surface area contributed by atoms with Gasteiger partial charge in [0, 0.05) is 0 Å². The van der Waals surface area contributed by atoms with Crippen molar-refractivity contribution in [1.82, 2.24) is 0 Å². The van der Waals surface area contributed by atoms with Gasteiger partial charge in [0.25, 0.3) is 0 Å². The van der Waals surface area contributed by atoms with Crippen LogP contribution in [0.25, 0.3) is 11.1 Å². The molecule has 1 N–H and O–H groups in total. The van der Waals surface area contributed by atoms with Crippen LogP contribution in [-0.4, -0.2) is 17.9 Å². The monoisotopic (exact) mass is 284 g/mol. The van der Waals surface area contributed by atoms with Gasteiger partial charge in [-0.25, -0.2) is 4.79 Å². The molecule has 1 heterocycles. The van der Waals surface area contributed by atoms with E-state index >= 15 is 0 Å². The Kier molecular flexibility index (Phi) is 3.52. The molecule has 0 atom stereocenters. The van der Waals surface area contributed by atoms with Crippen molar-refractivity contribution in [2.45, 2.75) is 19.8 Å². The van der Waals surface area contributed by atoms with Crippen LogP contribution < -0.4 is 9.47 Å². The Morgan fingerprint density at radius 1 is 1.19 bits per heavy atom. The van der Waals surface area contributed by atoms with Crippen LogP contribution in [0.2, 0.25) is 0 Å². The molecule has 0 amide bonds. The topological polar surface area (TPSA) is 55.8 Å². The summed E-state index contributed by atoms with van der Waals surface area (Å²) in [5, 5.41) is 9.37. The maximum atomic E-state index is 11.4. The Bertz CT molecular complexity index is 691. The van der Waals surface area contributed by atoms with E-state index in [0.717, 1.165) is 35.3 Å². The molecule has 0 saturated heterocycles. The fourth-order valence-corrected chi connectivity index (χ4v) is 2.64. The van der Waals surface area contributed by atoms with Crippen molar-refractivity contribution < 1.29 is 19.4 Å². The van der Waals surface area contributed by atoms with E-state index in [-0.39, 0.29) is 6.79 Å². The zero-order chi connectivity index (χ0) is 14.8. The molecule has 3 rings (SSSR count). The summed E-state index contributed by atoms with van der Waals surface area (Å²) < 4.78 is 10.7. The van der Waals surface area contributed by atoms with Gasteiger partial charge in [-0.3, -0.25) is 0 Å². The van der Waals surface area contributed by atoms with E-state index in [1.807, 2.05) is 31.2 Å². The highest BCUT2D eigenvalue weighted by atomic mass is 16.7. The van der Waals surface area contributed by atoms with Crippen molar-refractivity contribution in [1.29, 1.82) is 0 Å². The Hall–Kier alpha value is -2.49. The van der Waals surface area contributed by atoms with E-state index < -0.39 is 5.97 Å². The van der Waals surface area contributed by atoms with Gasteiger partial charge in [0.1, 0.15) is 0 Å². The Balaban J connectivity index is 2.13. The quantitative estimate of drug-likeness (QED) is 0.929. The number of benzene rings is 2. The first-order valence-corrected chi connectivity index (χ1v) is 6.96. The molecule has 0 fully saturated rings. The molecule has 2 aromatic rings. The van der Waals surface area contributed by atoms with E-state index in [9.17, 15) is 9.90 Å². The zero-order valence-electron chi connectivity index (χ0n) is 11.8. The van der Waals surface area contributed by atoms with Crippen LogP contribution in [0.15, 0.2) is 36.4 Å². The average Bonchev–Trinajstić information content (AvgIpc) is 2.95. The van der Waals surface area contributed by atoms with Crippen molar-refractivity contribution in [3.63, 3.8) is 0 Å². The number of ether oxygens (including phenoxy) is 2. The van der Waals surface area contributed by atoms with Crippen LogP contribution in [0.4, 0.5) is 0 Å². The SMILES string of the molecule is CCCc1c(C(=O)O)cccc1-c1ccc2c(c1)OCO2. The summed E-state index contributed by atoms with van der Waals surface area (Å²) in [6.07, 6.45) is 1.62. The molecule has 0 unspecified atom stereocenters. The summed E-state index contributed by atoms with van der Waals surface area (Å²) in [4.78, 5) is 11.4. The highest BCUT2D eigenvalue weighted by Crippen LogP contribution is 2.37. The first-order chi connectivity index (χ1) is 10.2. The van der Waals surface area contributed by atoms with Gasteiger partial charge in [-0.2, -0.15) is 0 Å². The third-order valence-electron chi connectivity index (χ3n) is 3.59. The first-order valence-electron chi connectivity index (χ1n) is 6.96. The highest BCUT2D eigenvalue weighted by Gasteiger charge is 2.18. The fraction of sp³-hybridized carbons (Fsp3) is 0.235. The first kappa shape index (κ1) is 13.5. The van der Waals surface area contributed by atoms with Crippen molar-refractivity contribution in [2.24, 2.45) is 0 Å². The van der Waals surface area contributed by atoms with Crippen molar-refractivity contribution >= 4 is 5.97 Å². The second kappa shape index (κ2) is 5.48. The third-order valence-corrected chi connectivity index (χ3v) is 3.59. The largest absolute Gasteiger partial charge is 0.478 e. The van der Waals surface area contributed by atoms with Gasteiger partial charge in [0.15, 0.2) is 11.5 Å². The fourth-order valence-electron chi connectivity index (χ4n) is 2.64. The van der Waals surface area contributed by atoms with Gasteiger partial charge in [-0.15, -0.1) is 0 Å². The van der Waals surface area contributed by atoms with Crippen LogP contribution >= 0.6 is 0 Å². The minimum absolute atomic E-state index is 0.232. The molecule has 0 radical (unpaired) electrons. The summed E-state index contributed by atoms with van der Waals surface area (Å²) in [5.41, 5.74) is 3.12. The summed E-state index contributed by atoms with van der Waals surface area (Å²) in [6, 6.07) is 11.1. The normalized spacial score (nSPS) is 12.4. The lowest BCUT2D eigenvalue weighted by Crippen LogP contribution is -2.04. The molecule has 0 aliphatic carbocycles. The molecule has 1 aliphatic rings. The number of fused-ring (bicyclic) bond motifs is 1. The third kappa shape index (κ3) is 2.44. The molecule has 4 nitrogen and oxygen atoms in total. The van der Waals surface area contributed by atoms with Gasteiger partial charge in [0.2, 0.25) is 6.79 Å². The number of rotatable bonds is 4. The van der Waals surface area contributed by atoms with Crippen LogP contribution in [0.1, 0.15) is 29.3 Å². The molecular weight excluding hydrogens is 268 g/mol. The number of carbonyl (C=O) groups is 1. The molecule has 0 aromatic heterocycles. The van der Waals surface area contributed by atoms with Crippen molar-refractivity contribution in [2.75, 3.05) is 6.79 Å². The van der Waals surface area contributed by atoms with E-state index in [1.54, 1.807) is 12.1 Å². The van der Waals surface area contributed by atoms with Crippen LogP contribution in [0, 0.1) is 0 Å². The molecule has 0 saturated carbocycles. The number of aromatic carboxylic acids is 1. The van der Waals surface area contributed by atoms with E-state index in [1.165, 1.54) is 0 Å².